The summed E-state index contributed by atoms with van der Waals surface area (Å²) in [5, 5.41) is 0. The van der Waals surface area contributed by atoms with E-state index in [1.165, 1.54) is 12.1 Å². The van der Waals surface area contributed by atoms with E-state index in [1.54, 1.807) is 32.2 Å². The first-order valence-corrected chi connectivity index (χ1v) is 8.34. The molecule has 1 aliphatic heterocycles. The van der Waals surface area contributed by atoms with Crippen molar-refractivity contribution in [2.75, 3.05) is 26.8 Å². The zero-order chi connectivity index (χ0) is 17.8. The maximum absolute atomic E-state index is 13.1. The van der Waals surface area contributed by atoms with Gasteiger partial charge in [-0.25, -0.2) is 4.39 Å². The Morgan fingerprint density at radius 1 is 1.28 bits per heavy atom. The number of nitrogens with zero attached hydrogens (tertiary/aromatic N) is 1. The number of ether oxygens (including phenoxy) is 2. The van der Waals surface area contributed by atoms with Crippen LogP contribution < -0.4 is 4.74 Å². The number of morpholine rings is 1. The van der Waals surface area contributed by atoms with Crippen molar-refractivity contribution in [1.82, 2.24) is 4.90 Å². The SMILES string of the molecule is COc1ccc(C(C)=O)cc1CN1CCOC(c2ccc(F)cc2)C1. The van der Waals surface area contributed by atoms with Gasteiger partial charge < -0.3 is 9.47 Å². The van der Waals surface area contributed by atoms with Crippen LogP contribution in [-0.2, 0) is 11.3 Å². The van der Waals surface area contributed by atoms with Crippen molar-refractivity contribution in [2.45, 2.75) is 19.6 Å². The minimum Gasteiger partial charge on any atom is -0.496 e. The van der Waals surface area contributed by atoms with E-state index in [0.717, 1.165) is 23.4 Å². The Hall–Kier alpha value is -2.24. The maximum Gasteiger partial charge on any atom is 0.159 e. The van der Waals surface area contributed by atoms with Gasteiger partial charge in [-0.1, -0.05) is 12.1 Å². The van der Waals surface area contributed by atoms with Crippen LogP contribution in [0.2, 0.25) is 0 Å². The van der Waals surface area contributed by atoms with Gasteiger partial charge in [-0.2, -0.15) is 0 Å². The zero-order valence-electron chi connectivity index (χ0n) is 14.5. The Kier molecular flexibility index (Phi) is 5.46. The molecule has 0 bridgehead atoms. The van der Waals surface area contributed by atoms with Gasteiger partial charge in [-0.15, -0.1) is 0 Å². The maximum atomic E-state index is 13.1. The van der Waals surface area contributed by atoms with Crippen LogP contribution in [-0.4, -0.2) is 37.5 Å². The number of hydrogen-bond acceptors (Lipinski definition) is 4. The van der Waals surface area contributed by atoms with Crippen molar-refractivity contribution in [2.24, 2.45) is 0 Å². The summed E-state index contributed by atoms with van der Waals surface area (Å²) in [5.74, 6) is 0.562. The second-order valence-corrected chi connectivity index (χ2v) is 6.23. The monoisotopic (exact) mass is 343 g/mol. The molecule has 0 aromatic heterocycles. The van der Waals surface area contributed by atoms with Gasteiger partial charge in [0.15, 0.2) is 5.78 Å². The molecule has 0 aliphatic carbocycles. The first-order chi connectivity index (χ1) is 12.1. The van der Waals surface area contributed by atoms with Crippen molar-refractivity contribution in [3.8, 4) is 5.75 Å². The molecule has 132 valence electrons. The van der Waals surface area contributed by atoms with Crippen LogP contribution in [0.5, 0.6) is 5.75 Å². The van der Waals surface area contributed by atoms with Crippen LogP contribution in [0.4, 0.5) is 4.39 Å². The largest absolute Gasteiger partial charge is 0.496 e. The van der Waals surface area contributed by atoms with E-state index < -0.39 is 0 Å². The summed E-state index contributed by atoms with van der Waals surface area (Å²) in [7, 11) is 1.63. The third-order valence-electron chi connectivity index (χ3n) is 4.47. The van der Waals surface area contributed by atoms with Crippen LogP contribution in [0.1, 0.15) is 34.5 Å². The Morgan fingerprint density at radius 3 is 2.72 bits per heavy atom. The quantitative estimate of drug-likeness (QED) is 0.778. The summed E-state index contributed by atoms with van der Waals surface area (Å²) in [6.07, 6.45) is -0.0867. The highest BCUT2D eigenvalue weighted by Crippen LogP contribution is 2.26. The summed E-state index contributed by atoms with van der Waals surface area (Å²) in [6, 6.07) is 12.0. The number of hydrogen-bond donors (Lipinski definition) is 0. The Balaban J connectivity index is 1.75. The fourth-order valence-electron chi connectivity index (χ4n) is 3.09. The molecule has 4 nitrogen and oxygen atoms in total. The normalized spacial score (nSPS) is 18.1. The number of ketones is 1. The van der Waals surface area contributed by atoms with Gasteiger partial charge in [0.05, 0.1) is 19.8 Å². The predicted molar refractivity (Wildman–Crippen MR) is 93.4 cm³/mol. The molecule has 1 aliphatic rings. The molecule has 1 saturated heterocycles. The highest BCUT2D eigenvalue weighted by molar-refractivity contribution is 5.94. The average molecular weight is 343 g/mol. The zero-order valence-corrected chi connectivity index (χ0v) is 14.5. The molecule has 0 amide bonds. The summed E-state index contributed by atoms with van der Waals surface area (Å²) < 4.78 is 24.4. The van der Waals surface area contributed by atoms with Crippen LogP contribution in [0, 0.1) is 5.82 Å². The lowest BCUT2D eigenvalue weighted by molar-refractivity contribution is -0.0331. The van der Waals surface area contributed by atoms with E-state index in [4.69, 9.17) is 9.47 Å². The molecule has 1 heterocycles. The molecule has 0 saturated carbocycles. The summed E-state index contributed by atoms with van der Waals surface area (Å²) in [5.41, 5.74) is 2.63. The average Bonchev–Trinajstić information content (AvgIpc) is 2.62. The molecule has 5 heteroatoms. The minimum atomic E-state index is -0.248. The van der Waals surface area contributed by atoms with Gasteiger partial charge in [0.2, 0.25) is 0 Å². The molecule has 1 atom stereocenters. The standard InChI is InChI=1S/C20H22FNO3/c1-14(23)16-5-8-19(24-2)17(11-16)12-22-9-10-25-20(13-22)15-3-6-18(21)7-4-15/h3-8,11,20H,9-10,12-13H2,1-2H3. The molecule has 25 heavy (non-hydrogen) atoms. The number of halogens is 1. The van der Waals surface area contributed by atoms with Crippen LogP contribution in [0.15, 0.2) is 42.5 Å². The summed E-state index contributed by atoms with van der Waals surface area (Å²) >= 11 is 0. The Bertz CT molecular complexity index is 745. The van der Waals surface area contributed by atoms with Crippen LogP contribution in [0.25, 0.3) is 0 Å². The number of carbonyl (C=O) groups excluding carboxylic acids is 1. The number of benzene rings is 2. The lowest BCUT2D eigenvalue weighted by Gasteiger charge is -2.33. The van der Waals surface area contributed by atoms with Gasteiger partial charge in [0.1, 0.15) is 11.6 Å². The molecule has 2 aromatic carbocycles. The lowest BCUT2D eigenvalue weighted by atomic mass is 10.0. The molecule has 0 radical (unpaired) electrons. The Labute approximate surface area is 147 Å². The summed E-state index contributed by atoms with van der Waals surface area (Å²) in [4.78, 5) is 13.9. The molecule has 2 aromatic rings. The third kappa shape index (κ3) is 4.24. The van der Waals surface area contributed by atoms with Gasteiger partial charge in [0.25, 0.3) is 0 Å². The smallest absolute Gasteiger partial charge is 0.159 e. The molecular formula is C20H22FNO3. The van der Waals surface area contributed by atoms with Gasteiger partial charge in [0, 0.05) is 30.8 Å². The topological polar surface area (TPSA) is 38.8 Å². The van der Waals surface area contributed by atoms with Crippen molar-refractivity contribution in [3.05, 3.63) is 65.0 Å². The van der Waals surface area contributed by atoms with E-state index in [9.17, 15) is 9.18 Å². The number of rotatable bonds is 5. The number of methoxy groups -OCH3 is 1. The molecule has 1 fully saturated rings. The highest BCUT2D eigenvalue weighted by atomic mass is 19.1. The first-order valence-electron chi connectivity index (χ1n) is 8.34. The van der Waals surface area contributed by atoms with E-state index >= 15 is 0 Å². The van der Waals surface area contributed by atoms with E-state index in [0.29, 0.717) is 25.3 Å². The minimum absolute atomic E-state index is 0.0371. The fraction of sp³-hybridized carbons (Fsp3) is 0.350. The third-order valence-corrected chi connectivity index (χ3v) is 4.47. The van der Waals surface area contributed by atoms with Crippen LogP contribution in [0.3, 0.4) is 0 Å². The first kappa shape index (κ1) is 17.6. The molecular weight excluding hydrogens is 321 g/mol. The van der Waals surface area contributed by atoms with E-state index in [-0.39, 0.29) is 17.7 Å². The molecule has 3 rings (SSSR count). The van der Waals surface area contributed by atoms with Gasteiger partial charge >= 0.3 is 0 Å². The van der Waals surface area contributed by atoms with E-state index in [1.807, 2.05) is 12.1 Å². The summed E-state index contributed by atoms with van der Waals surface area (Å²) in [6.45, 7) is 4.34. The second-order valence-electron chi connectivity index (χ2n) is 6.23. The fourth-order valence-corrected chi connectivity index (χ4v) is 3.09. The lowest BCUT2D eigenvalue weighted by Crippen LogP contribution is -2.37. The Morgan fingerprint density at radius 2 is 2.04 bits per heavy atom. The second kappa shape index (κ2) is 7.76. The van der Waals surface area contributed by atoms with Crippen molar-refractivity contribution < 1.29 is 18.7 Å². The highest BCUT2D eigenvalue weighted by Gasteiger charge is 2.23. The van der Waals surface area contributed by atoms with Crippen molar-refractivity contribution in [3.63, 3.8) is 0 Å². The molecule has 1 unspecified atom stereocenters. The predicted octanol–water partition coefficient (Wildman–Crippen LogP) is 3.61. The van der Waals surface area contributed by atoms with E-state index in [2.05, 4.69) is 4.90 Å². The van der Waals surface area contributed by atoms with Crippen molar-refractivity contribution >= 4 is 5.78 Å². The van der Waals surface area contributed by atoms with Crippen LogP contribution >= 0.6 is 0 Å². The number of Topliss-reactive ketones (excluding diaryl/α,β-unsaturated/α-hetero) is 1. The van der Waals surface area contributed by atoms with Crippen molar-refractivity contribution in [1.29, 1.82) is 0 Å². The van der Waals surface area contributed by atoms with Gasteiger partial charge in [-0.05, 0) is 42.8 Å². The molecule has 0 N–H and O–H groups in total. The van der Waals surface area contributed by atoms with Gasteiger partial charge in [-0.3, -0.25) is 9.69 Å². The molecule has 0 spiro atoms. The number of carbonyl (C=O) groups is 1.